The van der Waals surface area contributed by atoms with Crippen LogP contribution < -0.4 is 25.2 Å². The van der Waals surface area contributed by atoms with Crippen LogP contribution in [0.4, 0.5) is 5.69 Å². The van der Waals surface area contributed by atoms with Gasteiger partial charge in [0, 0.05) is 24.7 Å². The van der Waals surface area contributed by atoms with Gasteiger partial charge in [0.2, 0.25) is 0 Å². The lowest BCUT2D eigenvalue weighted by atomic mass is 9.81. The molecule has 3 aromatic rings. The lowest BCUT2D eigenvalue weighted by Crippen LogP contribution is -2.39. The molecule has 0 amide bonds. The molecule has 3 unspecified atom stereocenters. The Bertz CT molecular complexity index is 1070. The van der Waals surface area contributed by atoms with E-state index in [0.29, 0.717) is 5.92 Å². The van der Waals surface area contributed by atoms with Crippen molar-refractivity contribution in [3.8, 4) is 11.5 Å². The molecule has 160 valence electrons. The summed E-state index contributed by atoms with van der Waals surface area (Å²) in [6.45, 7) is 3.92. The fourth-order valence-electron chi connectivity index (χ4n) is 4.90. The quantitative estimate of drug-likeness (QED) is 0.641. The number of aryl methyl sites for hydroxylation is 1. The van der Waals surface area contributed by atoms with Crippen molar-refractivity contribution in [2.24, 2.45) is 5.92 Å². The Morgan fingerprint density at radius 2 is 1.61 bits per heavy atom. The molecule has 2 aliphatic heterocycles. The number of rotatable bonds is 5. The van der Waals surface area contributed by atoms with Gasteiger partial charge in [-0.15, -0.1) is 0 Å². The van der Waals surface area contributed by atoms with Gasteiger partial charge in [-0.1, -0.05) is 42.0 Å². The summed E-state index contributed by atoms with van der Waals surface area (Å²) in [5, 5.41) is 0. The lowest BCUT2D eigenvalue weighted by Gasteiger charge is -2.39. The van der Waals surface area contributed by atoms with Crippen LogP contribution in [0.5, 0.6) is 11.5 Å². The molecule has 0 bridgehead atoms. The van der Waals surface area contributed by atoms with Gasteiger partial charge < -0.3 is 14.4 Å². The van der Waals surface area contributed by atoms with Gasteiger partial charge in [-0.2, -0.15) is 0 Å². The van der Waals surface area contributed by atoms with Crippen LogP contribution in [-0.2, 0) is 6.54 Å². The van der Waals surface area contributed by atoms with Crippen LogP contribution in [0.1, 0.15) is 34.3 Å². The van der Waals surface area contributed by atoms with Crippen molar-refractivity contribution in [2.75, 3.05) is 25.7 Å². The SMILES string of the molecule is COc1cccc(CN2CC3C(c4ccc(C)cc4)NNC3c3cc(OC)ccc32)c1. The van der Waals surface area contributed by atoms with Crippen LogP contribution in [0.2, 0.25) is 0 Å². The van der Waals surface area contributed by atoms with E-state index in [9.17, 15) is 0 Å². The second-order valence-electron chi connectivity index (χ2n) is 8.48. The minimum absolute atomic E-state index is 0.234. The molecule has 1 fully saturated rings. The highest BCUT2D eigenvalue weighted by molar-refractivity contribution is 5.61. The van der Waals surface area contributed by atoms with E-state index in [0.717, 1.165) is 24.6 Å². The largest absolute Gasteiger partial charge is 0.497 e. The third kappa shape index (κ3) is 3.75. The summed E-state index contributed by atoms with van der Waals surface area (Å²) in [7, 11) is 3.44. The van der Waals surface area contributed by atoms with E-state index >= 15 is 0 Å². The summed E-state index contributed by atoms with van der Waals surface area (Å²) in [6.07, 6.45) is 0. The molecule has 0 spiro atoms. The van der Waals surface area contributed by atoms with Gasteiger partial charge in [0.1, 0.15) is 11.5 Å². The Hall–Kier alpha value is -3.02. The lowest BCUT2D eigenvalue weighted by molar-refractivity contribution is 0.392. The second-order valence-corrected chi connectivity index (χ2v) is 8.48. The Labute approximate surface area is 184 Å². The molecule has 0 saturated carbocycles. The predicted molar refractivity (Wildman–Crippen MR) is 123 cm³/mol. The molecule has 2 aliphatic rings. The number of hydrazine groups is 1. The average molecular weight is 416 g/mol. The maximum absolute atomic E-state index is 5.55. The van der Waals surface area contributed by atoms with Crippen LogP contribution in [0, 0.1) is 12.8 Å². The first-order valence-electron chi connectivity index (χ1n) is 10.8. The van der Waals surface area contributed by atoms with Gasteiger partial charge in [-0.25, -0.2) is 10.9 Å². The Kier molecular flexibility index (Phi) is 5.30. The highest BCUT2D eigenvalue weighted by Gasteiger charge is 2.43. The van der Waals surface area contributed by atoms with E-state index in [1.54, 1.807) is 14.2 Å². The zero-order valence-corrected chi connectivity index (χ0v) is 18.3. The van der Waals surface area contributed by atoms with Gasteiger partial charge >= 0.3 is 0 Å². The number of nitrogens with zero attached hydrogens (tertiary/aromatic N) is 1. The normalized spacial score (nSPS) is 22.0. The molecule has 2 heterocycles. The molecule has 3 atom stereocenters. The fraction of sp³-hybridized carbons (Fsp3) is 0.308. The van der Waals surface area contributed by atoms with Gasteiger partial charge in [-0.3, -0.25) is 0 Å². The minimum Gasteiger partial charge on any atom is -0.497 e. The number of hydrogen-bond acceptors (Lipinski definition) is 5. The van der Waals surface area contributed by atoms with Gasteiger partial charge in [0.15, 0.2) is 0 Å². The zero-order chi connectivity index (χ0) is 21.4. The van der Waals surface area contributed by atoms with E-state index < -0.39 is 0 Å². The molecule has 0 aromatic heterocycles. The van der Waals surface area contributed by atoms with Crippen molar-refractivity contribution in [2.45, 2.75) is 25.6 Å². The summed E-state index contributed by atoms with van der Waals surface area (Å²) < 4.78 is 11.0. The Morgan fingerprint density at radius 1 is 0.871 bits per heavy atom. The number of fused-ring (bicyclic) bond motifs is 3. The molecule has 0 radical (unpaired) electrons. The molecule has 1 saturated heterocycles. The Morgan fingerprint density at radius 3 is 2.39 bits per heavy atom. The molecule has 31 heavy (non-hydrogen) atoms. The van der Waals surface area contributed by atoms with Crippen molar-refractivity contribution < 1.29 is 9.47 Å². The fourth-order valence-corrected chi connectivity index (χ4v) is 4.90. The Balaban J connectivity index is 1.51. The van der Waals surface area contributed by atoms with Gasteiger partial charge in [-0.05, 0) is 53.9 Å². The molecular weight excluding hydrogens is 386 g/mol. The smallest absolute Gasteiger partial charge is 0.119 e. The highest BCUT2D eigenvalue weighted by Crippen LogP contribution is 2.46. The number of anilines is 1. The minimum atomic E-state index is 0.234. The van der Waals surface area contributed by atoms with E-state index in [1.165, 1.54) is 27.9 Å². The highest BCUT2D eigenvalue weighted by atomic mass is 16.5. The van der Waals surface area contributed by atoms with Gasteiger partial charge in [0.05, 0.1) is 26.3 Å². The molecule has 3 aromatic carbocycles. The molecule has 5 rings (SSSR count). The summed E-state index contributed by atoms with van der Waals surface area (Å²) in [6, 6.07) is 24.1. The summed E-state index contributed by atoms with van der Waals surface area (Å²) in [4.78, 5) is 2.49. The summed E-state index contributed by atoms with van der Waals surface area (Å²) in [5.74, 6) is 2.18. The van der Waals surface area contributed by atoms with Crippen LogP contribution >= 0.6 is 0 Å². The standard InChI is InChI=1S/C26H29N3O2/c1-17-7-9-19(10-8-17)25-23-16-29(15-18-5-4-6-20(13-18)30-2)24-12-11-21(31-3)14-22(24)26(23)28-27-25/h4-14,23,25-28H,15-16H2,1-3H3. The number of nitrogens with one attached hydrogen (secondary N) is 2. The predicted octanol–water partition coefficient (Wildman–Crippen LogP) is 4.54. The van der Waals surface area contributed by atoms with Crippen molar-refractivity contribution >= 4 is 5.69 Å². The molecule has 5 nitrogen and oxygen atoms in total. The van der Waals surface area contributed by atoms with Crippen molar-refractivity contribution in [1.82, 2.24) is 10.9 Å². The summed E-state index contributed by atoms with van der Waals surface area (Å²) >= 11 is 0. The third-order valence-corrected chi connectivity index (χ3v) is 6.54. The van der Waals surface area contributed by atoms with Gasteiger partial charge in [0.25, 0.3) is 0 Å². The average Bonchev–Trinajstić information content (AvgIpc) is 3.23. The maximum atomic E-state index is 5.55. The van der Waals surface area contributed by atoms with E-state index in [2.05, 4.69) is 83.3 Å². The molecule has 5 heteroatoms. The van der Waals surface area contributed by atoms with Crippen molar-refractivity contribution in [1.29, 1.82) is 0 Å². The van der Waals surface area contributed by atoms with Crippen molar-refractivity contribution in [3.05, 3.63) is 89.0 Å². The maximum Gasteiger partial charge on any atom is 0.119 e. The van der Waals surface area contributed by atoms with Crippen LogP contribution in [-0.4, -0.2) is 20.8 Å². The van der Waals surface area contributed by atoms with Crippen LogP contribution in [0.25, 0.3) is 0 Å². The van der Waals surface area contributed by atoms with Crippen LogP contribution in [0.3, 0.4) is 0 Å². The van der Waals surface area contributed by atoms with E-state index in [-0.39, 0.29) is 12.1 Å². The first kappa shape index (κ1) is 19.9. The molecule has 2 N–H and O–H groups in total. The third-order valence-electron chi connectivity index (χ3n) is 6.54. The van der Waals surface area contributed by atoms with Crippen molar-refractivity contribution in [3.63, 3.8) is 0 Å². The monoisotopic (exact) mass is 415 g/mol. The molecule has 0 aliphatic carbocycles. The summed E-state index contributed by atoms with van der Waals surface area (Å²) in [5.41, 5.74) is 13.5. The first-order chi connectivity index (χ1) is 15.2. The van der Waals surface area contributed by atoms with Crippen LogP contribution in [0.15, 0.2) is 66.7 Å². The van der Waals surface area contributed by atoms with E-state index in [1.807, 2.05) is 6.07 Å². The number of ether oxygens (including phenoxy) is 2. The zero-order valence-electron chi connectivity index (χ0n) is 18.3. The number of hydrogen-bond donors (Lipinski definition) is 2. The topological polar surface area (TPSA) is 45.8 Å². The first-order valence-corrected chi connectivity index (χ1v) is 10.8. The number of methoxy groups -OCH3 is 2. The number of benzene rings is 3. The second kappa shape index (κ2) is 8.25. The van der Waals surface area contributed by atoms with E-state index in [4.69, 9.17) is 9.47 Å². The molecular formula is C26H29N3O2.